The maximum absolute atomic E-state index is 6.86. The van der Waals surface area contributed by atoms with Crippen LogP contribution in [0.4, 0.5) is 0 Å². The molecule has 0 amide bonds. The summed E-state index contributed by atoms with van der Waals surface area (Å²) in [6.45, 7) is 0. The highest BCUT2D eigenvalue weighted by Crippen LogP contribution is 2.61. The van der Waals surface area contributed by atoms with Crippen LogP contribution in [-0.4, -0.2) is 17.7 Å². The Morgan fingerprint density at radius 1 is 0.580 bits per heavy atom. The average molecular weight is 643 g/mol. The Balaban J connectivity index is 1.16. The summed E-state index contributed by atoms with van der Waals surface area (Å²) in [4.78, 5) is 10.5. The quantitative estimate of drug-likeness (QED) is 0.188. The third-order valence-electron chi connectivity index (χ3n) is 10.8. The normalized spacial score (nSPS) is 19.2. The van der Waals surface area contributed by atoms with Gasteiger partial charge >= 0.3 is 0 Å². The van der Waals surface area contributed by atoms with Crippen LogP contribution in [0, 0.1) is 0 Å². The predicted molar refractivity (Wildman–Crippen MR) is 203 cm³/mol. The van der Waals surface area contributed by atoms with Gasteiger partial charge in [-0.25, -0.2) is 4.99 Å². The number of hydrogen-bond donors (Lipinski definition) is 0. The molecule has 0 aromatic heterocycles. The summed E-state index contributed by atoms with van der Waals surface area (Å²) in [5.41, 5.74) is 14.1. The molecular formula is C47H34N2O. The molecule has 2 aliphatic heterocycles. The lowest BCUT2D eigenvalue weighted by Gasteiger charge is -2.45. The summed E-state index contributed by atoms with van der Waals surface area (Å²) < 4.78 is 6.86. The van der Waals surface area contributed by atoms with E-state index in [0.29, 0.717) is 0 Å². The van der Waals surface area contributed by atoms with Crippen LogP contribution in [0.25, 0.3) is 22.3 Å². The van der Waals surface area contributed by atoms with Gasteiger partial charge in [0.05, 0.1) is 17.2 Å². The second-order valence-corrected chi connectivity index (χ2v) is 13.5. The van der Waals surface area contributed by atoms with Crippen molar-refractivity contribution in [3.8, 4) is 28.0 Å². The number of amidine groups is 1. The van der Waals surface area contributed by atoms with Crippen LogP contribution in [0.15, 0.2) is 185 Å². The van der Waals surface area contributed by atoms with Crippen LogP contribution in [-0.2, 0) is 5.41 Å². The van der Waals surface area contributed by atoms with Gasteiger partial charge in [-0.2, -0.15) is 0 Å². The molecule has 0 saturated heterocycles. The molecular weight excluding hydrogens is 609 g/mol. The van der Waals surface area contributed by atoms with Crippen LogP contribution in [0.1, 0.15) is 52.3 Å². The van der Waals surface area contributed by atoms with Crippen molar-refractivity contribution >= 4 is 11.5 Å². The summed E-state index contributed by atoms with van der Waals surface area (Å²) in [6, 6.07) is 54.3. The zero-order valence-corrected chi connectivity index (χ0v) is 27.5. The summed E-state index contributed by atoms with van der Waals surface area (Å²) in [6.07, 6.45) is 8.30. The number of hydrogen-bond acceptors (Lipinski definition) is 3. The molecule has 3 heteroatoms. The zero-order chi connectivity index (χ0) is 33.1. The fourth-order valence-corrected chi connectivity index (χ4v) is 8.67. The van der Waals surface area contributed by atoms with Gasteiger partial charge in [0, 0.05) is 24.0 Å². The Labute approximate surface area is 292 Å². The number of fused-ring (bicyclic) bond motifs is 9. The Bertz CT molecular complexity index is 2370. The minimum Gasteiger partial charge on any atom is -0.485 e. The molecule has 2 unspecified atom stereocenters. The monoisotopic (exact) mass is 642 g/mol. The van der Waals surface area contributed by atoms with Gasteiger partial charge in [-0.1, -0.05) is 158 Å². The van der Waals surface area contributed by atoms with Crippen molar-refractivity contribution in [2.24, 2.45) is 9.98 Å². The predicted octanol–water partition coefficient (Wildman–Crippen LogP) is 10.7. The van der Waals surface area contributed by atoms with Crippen LogP contribution >= 0.6 is 0 Å². The first-order valence-electron chi connectivity index (χ1n) is 17.5. The third-order valence-corrected chi connectivity index (χ3v) is 10.8. The van der Waals surface area contributed by atoms with Crippen LogP contribution in [0.2, 0.25) is 0 Å². The molecule has 0 fully saturated rings. The van der Waals surface area contributed by atoms with Gasteiger partial charge in [-0.15, -0.1) is 0 Å². The molecule has 6 aromatic rings. The summed E-state index contributed by atoms with van der Waals surface area (Å²) in [5.74, 6) is 1.73. The van der Waals surface area contributed by atoms with Crippen LogP contribution in [0.5, 0.6) is 5.75 Å². The molecule has 50 heavy (non-hydrogen) atoms. The molecule has 0 N–H and O–H groups in total. The highest BCUT2D eigenvalue weighted by Gasteiger charge is 2.53. The van der Waals surface area contributed by atoms with E-state index in [1.54, 1.807) is 0 Å². The molecule has 4 aliphatic rings. The van der Waals surface area contributed by atoms with E-state index in [9.17, 15) is 0 Å². The van der Waals surface area contributed by atoms with Crippen molar-refractivity contribution < 1.29 is 4.74 Å². The van der Waals surface area contributed by atoms with Crippen molar-refractivity contribution in [3.05, 3.63) is 209 Å². The second kappa shape index (κ2) is 11.5. The molecule has 0 saturated carbocycles. The average Bonchev–Trinajstić information content (AvgIpc) is 3.49. The third kappa shape index (κ3) is 4.36. The van der Waals surface area contributed by atoms with Crippen LogP contribution < -0.4 is 4.74 Å². The Kier molecular flexibility index (Phi) is 6.67. The first-order valence-corrected chi connectivity index (χ1v) is 17.5. The lowest BCUT2D eigenvalue weighted by Crippen LogP contribution is -2.42. The van der Waals surface area contributed by atoms with Gasteiger partial charge in [0.2, 0.25) is 0 Å². The summed E-state index contributed by atoms with van der Waals surface area (Å²) >= 11 is 0. The molecule has 0 bridgehead atoms. The van der Waals surface area contributed by atoms with Gasteiger partial charge < -0.3 is 4.74 Å². The van der Waals surface area contributed by atoms with E-state index in [0.717, 1.165) is 46.8 Å². The van der Waals surface area contributed by atoms with E-state index in [4.69, 9.17) is 14.7 Å². The van der Waals surface area contributed by atoms with E-state index in [1.165, 1.54) is 44.5 Å². The molecule has 2 atom stereocenters. The number of benzene rings is 6. The molecule has 6 aromatic carbocycles. The molecule has 0 radical (unpaired) electrons. The van der Waals surface area contributed by atoms with Gasteiger partial charge in [0.1, 0.15) is 11.9 Å². The Hall–Kier alpha value is -6.06. The number of aliphatic imine (C=N–C) groups is 2. The number of ether oxygens (including phenoxy) is 1. The van der Waals surface area contributed by atoms with Crippen molar-refractivity contribution in [3.63, 3.8) is 0 Å². The maximum Gasteiger partial charge on any atom is 0.155 e. The Morgan fingerprint density at radius 3 is 1.96 bits per heavy atom. The lowest BCUT2D eigenvalue weighted by molar-refractivity contribution is 0.205. The molecule has 238 valence electrons. The van der Waals surface area contributed by atoms with E-state index in [-0.39, 0.29) is 12.1 Å². The zero-order valence-electron chi connectivity index (χ0n) is 27.5. The standard InChI is InChI=1S/C47H34N2O/c1-3-15-31(16-4-1)42-30-43(49-46(48-42)32-17-5-2-6-18-32)37-22-8-7-19-34(37)33-27-28-45-41(29-33)47(40-25-13-14-26-44(40)50-45)38-23-11-9-20-35(38)36-21-10-12-24-39(36)47/h1-25,27-29,43-44H,26,30H2. The second-order valence-electron chi connectivity index (χ2n) is 13.5. The number of nitrogens with zero attached hydrogens (tertiary/aromatic N) is 2. The molecule has 1 spiro atoms. The van der Waals surface area contributed by atoms with Gasteiger partial charge in [-0.05, 0) is 62.2 Å². The van der Waals surface area contributed by atoms with E-state index >= 15 is 0 Å². The van der Waals surface area contributed by atoms with Crippen molar-refractivity contribution in [1.82, 2.24) is 0 Å². The van der Waals surface area contributed by atoms with E-state index in [2.05, 4.69) is 164 Å². The first-order chi connectivity index (χ1) is 24.8. The van der Waals surface area contributed by atoms with Crippen molar-refractivity contribution in [1.29, 1.82) is 0 Å². The number of rotatable bonds is 4. The van der Waals surface area contributed by atoms with Gasteiger partial charge in [0.25, 0.3) is 0 Å². The lowest BCUT2D eigenvalue weighted by atomic mass is 9.63. The fourth-order valence-electron chi connectivity index (χ4n) is 8.67. The van der Waals surface area contributed by atoms with E-state index in [1.807, 2.05) is 6.07 Å². The van der Waals surface area contributed by atoms with E-state index < -0.39 is 5.41 Å². The topological polar surface area (TPSA) is 34.0 Å². The highest BCUT2D eigenvalue weighted by atomic mass is 16.5. The molecule has 2 aliphatic carbocycles. The maximum atomic E-state index is 6.86. The summed E-state index contributed by atoms with van der Waals surface area (Å²) in [5, 5.41) is 0. The molecule has 2 heterocycles. The van der Waals surface area contributed by atoms with Crippen molar-refractivity contribution in [2.75, 3.05) is 0 Å². The SMILES string of the molecule is C1=CCC2Oc3ccc(-c4ccccc4C4CC(c5ccccc5)=NC(c5ccccc5)=N4)cc3C3(C2=C1)c1ccccc1-c1ccccc13. The van der Waals surface area contributed by atoms with Gasteiger partial charge in [-0.3, -0.25) is 4.99 Å². The first kappa shape index (κ1) is 28.9. The van der Waals surface area contributed by atoms with Crippen molar-refractivity contribution in [2.45, 2.75) is 30.4 Å². The number of allylic oxidation sites excluding steroid dienone is 2. The minimum absolute atomic E-state index is 0.0199. The molecule has 10 rings (SSSR count). The van der Waals surface area contributed by atoms with Crippen LogP contribution in [0.3, 0.4) is 0 Å². The highest BCUT2D eigenvalue weighted by molar-refractivity contribution is 6.14. The van der Waals surface area contributed by atoms with Gasteiger partial charge in [0.15, 0.2) is 5.84 Å². The minimum atomic E-state index is -0.447. The fraction of sp³-hybridized carbons (Fsp3) is 0.106. The molecule has 3 nitrogen and oxygen atoms in total. The summed E-state index contributed by atoms with van der Waals surface area (Å²) in [7, 11) is 0. The smallest absolute Gasteiger partial charge is 0.155 e. The largest absolute Gasteiger partial charge is 0.485 e. The Morgan fingerprint density at radius 2 is 1.22 bits per heavy atom.